The predicted molar refractivity (Wildman–Crippen MR) is 144 cm³/mol. The number of pyridine rings is 1. The van der Waals surface area contributed by atoms with Crippen LogP contribution in [0, 0.1) is 12.7 Å². The second-order valence-corrected chi connectivity index (χ2v) is 12.6. The van der Waals surface area contributed by atoms with Crippen LogP contribution in [0.25, 0.3) is 33.4 Å². The Bertz CT molecular complexity index is 1640. The van der Waals surface area contributed by atoms with Gasteiger partial charge in [0.15, 0.2) is 17.8 Å². The van der Waals surface area contributed by atoms with Crippen molar-refractivity contribution in [1.29, 1.82) is 0 Å². The normalized spacial score (nSPS) is 23.1. The molecule has 6 rings (SSSR count). The highest BCUT2D eigenvalue weighted by Gasteiger charge is 2.48. The smallest absolute Gasteiger partial charge is 0.193 e. The number of ether oxygens (including phenoxy) is 3. The van der Waals surface area contributed by atoms with E-state index in [1.165, 1.54) is 6.07 Å². The third kappa shape index (κ3) is 4.80. The van der Waals surface area contributed by atoms with Gasteiger partial charge in [-0.3, -0.25) is 0 Å². The largest absolute Gasteiger partial charge is 0.470 e. The van der Waals surface area contributed by atoms with Gasteiger partial charge in [0, 0.05) is 39.9 Å². The molecule has 0 saturated carbocycles. The maximum absolute atomic E-state index is 15.2. The molecule has 4 atom stereocenters. The van der Waals surface area contributed by atoms with E-state index in [-0.39, 0.29) is 24.5 Å². The summed E-state index contributed by atoms with van der Waals surface area (Å²) in [5.41, 5.74) is 5.55. The fraction of sp³-hybridized carbons (Fsp3) is 0.321. The molecule has 2 saturated heterocycles. The standard InChI is InChI=1S/C28H28FN3O5S/c1-15-10-17(16-4-7-18(8-5-16)32-38(2,3)34)6-9-19(15)26-20(29)11-21-22(31-26)12-25(30-21)37-24-14-36-27-23(33)13-35-28(24)27/h4-12,23-24,27-28,30,33H,13-14H2,1-3H3/t23-,24-,27-,28-/m1/s1. The molecule has 10 heteroatoms. The van der Waals surface area contributed by atoms with E-state index < -0.39 is 27.8 Å². The van der Waals surface area contributed by atoms with Crippen molar-refractivity contribution in [2.24, 2.45) is 4.36 Å². The first-order chi connectivity index (χ1) is 18.1. The molecule has 2 fully saturated rings. The van der Waals surface area contributed by atoms with Gasteiger partial charge in [-0.1, -0.05) is 30.3 Å². The molecular weight excluding hydrogens is 509 g/mol. The number of H-pyrrole nitrogens is 1. The van der Waals surface area contributed by atoms with Gasteiger partial charge in [0.05, 0.1) is 29.9 Å². The molecule has 198 valence electrons. The van der Waals surface area contributed by atoms with Crippen molar-refractivity contribution in [3.05, 3.63) is 66.0 Å². The van der Waals surface area contributed by atoms with Crippen LogP contribution in [0.15, 0.2) is 59.0 Å². The summed E-state index contributed by atoms with van der Waals surface area (Å²) in [6, 6.07) is 16.5. The molecule has 2 N–H and O–H groups in total. The molecule has 2 aliphatic heterocycles. The van der Waals surface area contributed by atoms with Crippen LogP contribution in [0.5, 0.6) is 5.88 Å². The molecule has 8 nitrogen and oxygen atoms in total. The summed E-state index contributed by atoms with van der Waals surface area (Å²) in [6.07, 6.45) is 1.44. The summed E-state index contributed by atoms with van der Waals surface area (Å²) in [5.74, 6) is -0.00513. The first-order valence-corrected chi connectivity index (χ1v) is 14.6. The molecule has 4 aromatic rings. The second kappa shape index (κ2) is 9.46. The number of hydrogen-bond acceptors (Lipinski definition) is 7. The molecule has 38 heavy (non-hydrogen) atoms. The molecule has 2 aromatic carbocycles. The zero-order valence-corrected chi connectivity index (χ0v) is 22.0. The molecule has 2 aliphatic rings. The second-order valence-electron chi connectivity index (χ2n) is 10.1. The van der Waals surface area contributed by atoms with Gasteiger partial charge in [0.25, 0.3) is 0 Å². The summed E-state index contributed by atoms with van der Waals surface area (Å²) < 4.78 is 48.6. The molecule has 4 heterocycles. The fourth-order valence-electron chi connectivity index (χ4n) is 5.04. The summed E-state index contributed by atoms with van der Waals surface area (Å²) in [6.45, 7) is 2.45. The molecule has 0 spiro atoms. The molecule has 0 bridgehead atoms. The number of aliphatic hydroxyl groups excluding tert-OH is 1. The number of aromatic nitrogens is 2. The van der Waals surface area contributed by atoms with Crippen molar-refractivity contribution in [3.8, 4) is 28.3 Å². The lowest BCUT2D eigenvalue weighted by Gasteiger charge is -2.16. The van der Waals surface area contributed by atoms with Crippen molar-refractivity contribution < 1.29 is 27.9 Å². The lowest BCUT2D eigenvalue weighted by Crippen LogP contribution is -2.34. The first-order valence-electron chi connectivity index (χ1n) is 12.3. The Balaban J connectivity index is 1.25. The van der Waals surface area contributed by atoms with Crippen molar-refractivity contribution in [1.82, 2.24) is 9.97 Å². The molecular formula is C28H28FN3O5S. The lowest BCUT2D eigenvalue weighted by atomic mass is 9.97. The minimum atomic E-state index is -2.23. The summed E-state index contributed by atoms with van der Waals surface area (Å²) in [5, 5.41) is 9.94. The van der Waals surface area contributed by atoms with Gasteiger partial charge in [0.1, 0.15) is 24.0 Å². The number of benzene rings is 2. The predicted octanol–water partition coefficient (Wildman–Crippen LogP) is 4.61. The SMILES string of the molecule is Cc1cc(-c2ccc(N=S(C)(C)=O)cc2)ccc1-c1nc2cc(O[C@@H]3CO[C@H]4[C@@H]3OC[C@H]4O)[nH]c2cc1F. The van der Waals surface area contributed by atoms with Crippen LogP contribution in [0.3, 0.4) is 0 Å². The van der Waals surface area contributed by atoms with Crippen LogP contribution >= 0.6 is 0 Å². The van der Waals surface area contributed by atoms with Crippen molar-refractivity contribution in [2.75, 3.05) is 25.7 Å². The Morgan fingerprint density at radius 3 is 2.53 bits per heavy atom. The maximum atomic E-state index is 15.2. The number of nitrogens with one attached hydrogen (secondary N) is 1. The minimum absolute atomic E-state index is 0.220. The molecule has 2 aromatic heterocycles. The Morgan fingerprint density at radius 2 is 1.79 bits per heavy atom. The van der Waals surface area contributed by atoms with Gasteiger partial charge < -0.3 is 24.3 Å². The number of fused-ring (bicyclic) bond motifs is 2. The van der Waals surface area contributed by atoms with E-state index in [0.717, 1.165) is 16.7 Å². The minimum Gasteiger partial charge on any atom is -0.470 e. The summed E-state index contributed by atoms with van der Waals surface area (Å²) in [7, 11) is -2.23. The van der Waals surface area contributed by atoms with Crippen molar-refractivity contribution >= 4 is 26.4 Å². The highest BCUT2D eigenvalue weighted by atomic mass is 32.2. The lowest BCUT2D eigenvalue weighted by molar-refractivity contribution is 0.00794. The number of halogens is 1. The Morgan fingerprint density at radius 1 is 1.05 bits per heavy atom. The summed E-state index contributed by atoms with van der Waals surface area (Å²) >= 11 is 0. The number of rotatable bonds is 5. The fourth-order valence-corrected chi connectivity index (χ4v) is 5.67. The maximum Gasteiger partial charge on any atom is 0.193 e. The third-order valence-corrected chi connectivity index (χ3v) is 7.45. The average molecular weight is 538 g/mol. The monoisotopic (exact) mass is 537 g/mol. The van der Waals surface area contributed by atoms with Gasteiger partial charge in [0.2, 0.25) is 0 Å². The van der Waals surface area contributed by atoms with Crippen molar-refractivity contribution in [3.63, 3.8) is 0 Å². The molecule has 0 radical (unpaired) electrons. The van der Waals surface area contributed by atoms with E-state index in [9.17, 15) is 9.32 Å². The number of aliphatic hydroxyl groups is 1. The molecule has 0 amide bonds. The number of aromatic amines is 1. The van der Waals surface area contributed by atoms with E-state index in [0.29, 0.717) is 34.8 Å². The van der Waals surface area contributed by atoms with E-state index in [4.69, 9.17) is 14.2 Å². The highest BCUT2D eigenvalue weighted by Crippen LogP contribution is 2.34. The Hall–Kier alpha value is -3.31. The highest BCUT2D eigenvalue weighted by molar-refractivity contribution is 7.92. The van der Waals surface area contributed by atoms with Gasteiger partial charge in [-0.2, -0.15) is 4.36 Å². The van der Waals surface area contributed by atoms with Crippen LogP contribution in [0.2, 0.25) is 0 Å². The van der Waals surface area contributed by atoms with Crippen LogP contribution in [-0.2, 0) is 19.2 Å². The molecule has 0 aliphatic carbocycles. The van der Waals surface area contributed by atoms with Crippen LogP contribution in [-0.4, -0.2) is 69.4 Å². The van der Waals surface area contributed by atoms with Gasteiger partial charge >= 0.3 is 0 Å². The Labute approximate surface area is 220 Å². The topological polar surface area (TPSA) is 106 Å². The Kier molecular flexibility index (Phi) is 6.22. The van der Waals surface area contributed by atoms with Crippen LogP contribution in [0.4, 0.5) is 10.1 Å². The first kappa shape index (κ1) is 25.0. The summed E-state index contributed by atoms with van der Waals surface area (Å²) in [4.78, 5) is 7.67. The third-order valence-electron chi connectivity index (χ3n) is 6.80. The zero-order chi connectivity index (χ0) is 26.6. The molecule has 0 unspecified atom stereocenters. The van der Waals surface area contributed by atoms with Gasteiger partial charge in [-0.15, -0.1) is 0 Å². The number of nitrogens with zero attached hydrogens (tertiary/aromatic N) is 2. The van der Waals surface area contributed by atoms with E-state index >= 15 is 4.39 Å². The van der Waals surface area contributed by atoms with E-state index in [2.05, 4.69) is 14.3 Å². The quantitative estimate of drug-likeness (QED) is 0.385. The zero-order valence-electron chi connectivity index (χ0n) is 21.2. The number of hydrogen-bond donors (Lipinski definition) is 2. The van der Waals surface area contributed by atoms with Gasteiger partial charge in [-0.05, 0) is 35.7 Å². The number of aryl methyl sites for hydroxylation is 1. The van der Waals surface area contributed by atoms with Gasteiger partial charge in [-0.25, -0.2) is 13.6 Å². The van der Waals surface area contributed by atoms with Crippen molar-refractivity contribution in [2.45, 2.75) is 31.3 Å². The van der Waals surface area contributed by atoms with E-state index in [1.807, 2.05) is 49.4 Å². The van der Waals surface area contributed by atoms with E-state index in [1.54, 1.807) is 18.6 Å². The van der Waals surface area contributed by atoms with Crippen LogP contribution < -0.4 is 4.74 Å². The average Bonchev–Trinajstić information content (AvgIpc) is 3.55. The van der Waals surface area contributed by atoms with Crippen LogP contribution in [0.1, 0.15) is 5.56 Å².